The van der Waals surface area contributed by atoms with Gasteiger partial charge in [-0.2, -0.15) is 0 Å². The molecule has 0 amide bonds. The molecule has 6 unspecified atom stereocenters. The molecule has 0 bridgehead atoms. The third-order valence-electron chi connectivity index (χ3n) is 5.64. The lowest BCUT2D eigenvalue weighted by Crippen LogP contribution is -2.11. The maximum atomic E-state index is 2.51. The summed E-state index contributed by atoms with van der Waals surface area (Å²) in [7, 11) is 0. The molecule has 0 heterocycles. The molecule has 0 aromatic heterocycles. The second-order valence-corrected chi connectivity index (χ2v) is 6.97. The second kappa shape index (κ2) is 7.56. The van der Waals surface area contributed by atoms with Crippen molar-refractivity contribution >= 4 is 0 Å². The molecule has 0 aliphatic heterocycles. The molecule has 0 aromatic rings. The van der Waals surface area contributed by atoms with Gasteiger partial charge in [0.1, 0.15) is 0 Å². The van der Waals surface area contributed by atoms with Gasteiger partial charge in [0.05, 0.1) is 0 Å². The number of fused-ring (bicyclic) bond motifs is 1. The van der Waals surface area contributed by atoms with Gasteiger partial charge in [0, 0.05) is 0 Å². The smallest absolute Gasteiger partial charge is 0.0352 e. The van der Waals surface area contributed by atoms with Gasteiger partial charge in [-0.15, -0.1) is 0 Å². The monoisotopic (exact) mass is 252 g/mol. The Morgan fingerprint density at radius 1 is 1.00 bits per heavy atom. The highest BCUT2D eigenvalue weighted by Gasteiger charge is 2.45. The third kappa shape index (κ3) is 3.75. The molecular formula is C18H36. The molecule has 2 aliphatic rings. The summed E-state index contributed by atoms with van der Waals surface area (Å²) >= 11 is 0. The minimum atomic E-state index is 0.952. The van der Waals surface area contributed by atoms with Crippen molar-refractivity contribution in [3.05, 3.63) is 0 Å². The Kier molecular flexibility index (Phi) is 6.74. The van der Waals surface area contributed by atoms with E-state index in [1.807, 2.05) is 13.8 Å². The summed E-state index contributed by atoms with van der Waals surface area (Å²) in [5.74, 6) is 6.28. The maximum Gasteiger partial charge on any atom is -0.0352 e. The van der Waals surface area contributed by atoms with Crippen molar-refractivity contribution in [3.8, 4) is 0 Å². The van der Waals surface area contributed by atoms with Gasteiger partial charge in [-0.05, 0) is 61.2 Å². The molecule has 0 N–H and O–H groups in total. The minimum absolute atomic E-state index is 0.952. The Morgan fingerprint density at radius 3 is 2.22 bits per heavy atom. The number of hydrogen-bond donors (Lipinski definition) is 0. The Balaban J connectivity index is 0.000000771. The lowest BCUT2D eigenvalue weighted by atomic mass is 9.85. The molecule has 0 saturated heterocycles. The van der Waals surface area contributed by atoms with Gasteiger partial charge >= 0.3 is 0 Å². The fourth-order valence-electron chi connectivity index (χ4n) is 4.43. The maximum absolute atomic E-state index is 2.51. The van der Waals surface area contributed by atoms with E-state index in [-0.39, 0.29) is 0 Å². The zero-order valence-electron chi connectivity index (χ0n) is 13.7. The normalized spacial score (nSPS) is 40.0. The molecule has 0 spiro atoms. The summed E-state index contributed by atoms with van der Waals surface area (Å²) in [6.45, 7) is 13.7. The fraction of sp³-hybridized carbons (Fsp3) is 1.00. The largest absolute Gasteiger partial charge is 0.0683 e. The van der Waals surface area contributed by atoms with E-state index < -0.39 is 0 Å². The molecule has 2 fully saturated rings. The molecule has 2 rings (SSSR count). The van der Waals surface area contributed by atoms with Crippen molar-refractivity contribution in [1.29, 1.82) is 0 Å². The van der Waals surface area contributed by atoms with Crippen molar-refractivity contribution in [2.24, 2.45) is 35.5 Å². The standard InChI is InChI=1S/C16H30.C2H6/c1-5-11(2)6-7-14-10-13(4)15-8-12(3)9-16(14)15;1-2/h11-16H,5-10H2,1-4H3;1-2H3. The molecule has 0 heteroatoms. The van der Waals surface area contributed by atoms with E-state index >= 15 is 0 Å². The van der Waals surface area contributed by atoms with Crippen LogP contribution in [-0.4, -0.2) is 0 Å². The lowest BCUT2D eigenvalue weighted by molar-refractivity contribution is 0.302. The topological polar surface area (TPSA) is 0 Å². The first-order valence-electron chi connectivity index (χ1n) is 8.61. The molecule has 108 valence electrons. The van der Waals surface area contributed by atoms with Crippen LogP contribution in [0.2, 0.25) is 0 Å². The summed E-state index contributed by atoms with van der Waals surface area (Å²) < 4.78 is 0. The molecule has 0 aromatic carbocycles. The predicted octanol–water partition coefficient (Wildman–Crippen LogP) is 6.16. The minimum Gasteiger partial charge on any atom is -0.0683 e. The van der Waals surface area contributed by atoms with Crippen LogP contribution in [0.3, 0.4) is 0 Å². The van der Waals surface area contributed by atoms with Crippen molar-refractivity contribution in [2.75, 3.05) is 0 Å². The molecule has 2 saturated carbocycles. The lowest BCUT2D eigenvalue weighted by Gasteiger charge is -2.20. The van der Waals surface area contributed by atoms with E-state index in [1.54, 1.807) is 12.8 Å². The summed E-state index contributed by atoms with van der Waals surface area (Å²) in [5.41, 5.74) is 0. The van der Waals surface area contributed by atoms with Crippen molar-refractivity contribution in [3.63, 3.8) is 0 Å². The highest BCUT2D eigenvalue weighted by atomic mass is 14.5. The number of rotatable bonds is 4. The average Bonchev–Trinajstić information content (AvgIpc) is 2.89. The van der Waals surface area contributed by atoms with E-state index in [1.165, 1.54) is 25.7 Å². The van der Waals surface area contributed by atoms with E-state index in [4.69, 9.17) is 0 Å². The predicted molar refractivity (Wildman–Crippen MR) is 82.7 cm³/mol. The molecule has 2 aliphatic carbocycles. The van der Waals surface area contributed by atoms with Gasteiger partial charge < -0.3 is 0 Å². The van der Waals surface area contributed by atoms with Gasteiger partial charge in [0.25, 0.3) is 0 Å². The van der Waals surface area contributed by atoms with Crippen LogP contribution in [-0.2, 0) is 0 Å². The Bertz CT molecular complexity index is 220. The molecule has 0 nitrogen and oxygen atoms in total. The zero-order valence-corrected chi connectivity index (χ0v) is 13.7. The van der Waals surface area contributed by atoms with Crippen LogP contribution in [0.25, 0.3) is 0 Å². The first-order chi connectivity index (χ1) is 8.61. The van der Waals surface area contributed by atoms with Crippen molar-refractivity contribution in [2.45, 2.75) is 80.1 Å². The van der Waals surface area contributed by atoms with Crippen molar-refractivity contribution in [1.82, 2.24) is 0 Å². The number of hydrogen-bond acceptors (Lipinski definition) is 0. The van der Waals surface area contributed by atoms with E-state index in [0.29, 0.717) is 0 Å². The van der Waals surface area contributed by atoms with Crippen LogP contribution in [0.5, 0.6) is 0 Å². The van der Waals surface area contributed by atoms with Crippen LogP contribution in [0.4, 0.5) is 0 Å². The van der Waals surface area contributed by atoms with Crippen LogP contribution in [0.1, 0.15) is 80.1 Å². The SMILES string of the molecule is CC.CCC(C)CCC1CC(C)C2CC(C)CC12. The highest BCUT2D eigenvalue weighted by molar-refractivity contribution is 4.94. The van der Waals surface area contributed by atoms with Gasteiger partial charge in [-0.3, -0.25) is 0 Å². The van der Waals surface area contributed by atoms with Gasteiger partial charge in [0.2, 0.25) is 0 Å². The molecule has 0 radical (unpaired) electrons. The molecule has 18 heavy (non-hydrogen) atoms. The highest BCUT2D eigenvalue weighted by Crippen LogP contribution is 2.54. The van der Waals surface area contributed by atoms with Crippen molar-refractivity contribution < 1.29 is 0 Å². The summed E-state index contributed by atoms with van der Waals surface area (Å²) in [6.07, 6.45) is 8.98. The van der Waals surface area contributed by atoms with Crippen LogP contribution in [0.15, 0.2) is 0 Å². The average molecular weight is 252 g/mol. The first kappa shape index (κ1) is 16.1. The second-order valence-electron chi connectivity index (χ2n) is 6.97. The summed E-state index contributed by atoms with van der Waals surface area (Å²) in [6, 6.07) is 0. The molecular weight excluding hydrogens is 216 g/mol. The van der Waals surface area contributed by atoms with Crippen LogP contribution >= 0.6 is 0 Å². The third-order valence-corrected chi connectivity index (χ3v) is 5.64. The zero-order chi connectivity index (χ0) is 13.7. The van der Waals surface area contributed by atoms with E-state index in [0.717, 1.165) is 35.5 Å². The van der Waals surface area contributed by atoms with E-state index in [9.17, 15) is 0 Å². The fourth-order valence-corrected chi connectivity index (χ4v) is 4.43. The Morgan fingerprint density at radius 2 is 1.61 bits per heavy atom. The van der Waals surface area contributed by atoms with Gasteiger partial charge in [-0.25, -0.2) is 0 Å². The Hall–Kier alpha value is 0. The van der Waals surface area contributed by atoms with E-state index in [2.05, 4.69) is 27.7 Å². The summed E-state index contributed by atoms with van der Waals surface area (Å²) in [5, 5.41) is 0. The molecule has 6 atom stereocenters. The Labute approximate surface area is 116 Å². The van der Waals surface area contributed by atoms with Crippen LogP contribution in [0, 0.1) is 35.5 Å². The van der Waals surface area contributed by atoms with Gasteiger partial charge in [-0.1, -0.05) is 54.4 Å². The summed E-state index contributed by atoms with van der Waals surface area (Å²) in [4.78, 5) is 0. The van der Waals surface area contributed by atoms with Crippen LogP contribution < -0.4 is 0 Å². The first-order valence-corrected chi connectivity index (χ1v) is 8.61. The van der Waals surface area contributed by atoms with Gasteiger partial charge in [0.15, 0.2) is 0 Å². The quantitative estimate of drug-likeness (QED) is 0.562.